The van der Waals surface area contributed by atoms with E-state index in [4.69, 9.17) is 4.74 Å². The molecule has 120 valence electrons. The molecule has 0 bridgehead atoms. The Labute approximate surface area is 148 Å². The molecule has 0 unspecified atom stereocenters. The second-order valence-electron chi connectivity index (χ2n) is 5.09. The van der Waals surface area contributed by atoms with Gasteiger partial charge < -0.3 is 15.4 Å². The van der Waals surface area contributed by atoms with E-state index in [1.807, 2.05) is 6.20 Å². The maximum atomic E-state index is 5.60. The number of thiazole rings is 1. The van der Waals surface area contributed by atoms with Crippen molar-refractivity contribution < 1.29 is 4.74 Å². The first kappa shape index (κ1) is 18.6. The summed E-state index contributed by atoms with van der Waals surface area (Å²) in [5.41, 5.74) is 0. The summed E-state index contributed by atoms with van der Waals surface area (Å²) in [6.07, 6.45) is 5.61. The van der Waals surface area contributed by atoms with Crippen molar-refractivity contribution in [3.63, 3.8) is 0 Å². The zero-order chi connectivity index (χ0) is 14.2. The summed E-state index contributed by atoms with van der Waals surface area (Å²) in [7, 11) is 1.78. The molecule has 1 aliphatic carbocycles. The van der Waals surface area contributed by atoms with E-state index in [0.29, 0.717) is 0 Å². The second-order valence-corrected chi connectivity index (χ2v) is 6.41. The smallest absolute Gasteiger partial charge is 0.191 e. The Bertz CT molecular complexity index is 434. The number of guanidine groups is 1. The van der Waals surface area contributed by atoms with Crippen LogP contribution in [0, 0.1) is 12.8 Å². The lowest BCUT2D eigenvalue weighted by Gasteiger charge is -2.10. The third kappa shape index (κ3) is 7.96. The third-order valence-electron chi connectivity index (χ3n) is 3.11. The largest absolute Gasteiger partial charge is 0.381 e. The maximum absolute atomic E-state index is 5.60. The van der Waals surface area contributed by atoms with Crippen molar-refractivity contribution >= 4 is 41.3 Å². The van der Waals surface area contributed by atoms with E-state index in [-0.39, 0.29) is 24.0 Å². The van der Waals surface area contributed by atoms with Crippen LogP contribution in [0.5, 0.6) is 0 Å². The van der Waals surface area contributed by atoms with E-state index in [0.717, 1.165) is 49.6 Å². The molecule has 0 aromatic carbocycles. The lowest BCUT2D eigenvalue weighted by atomic mass is 10.4. The average Bonchev–Trinajstić information content (AvgIpc) is 3.18. The first-order valence-electron chi connectivity index (χ1n) is 7.21. The molecule has 0 aliphatic heterocycles. The molecule has 7 heteroatoms. The van der Waals surface area contributed by atoms with Crippen LogP contribution in [-0.2, 0) is 11.3 Å². The minimum Gasteiger partial charge on any atom is -0.381 e. The first-order valence-corrected chi connectivity index (χ1v) is 8.03. The van der Waals surface area contributed by atoms with Crippen LogP contribution < -0.4 is 10.6 Å². The summed E-state index contributed by atoms with van der Waals surface area (Å²) in [6, 6.07) is 0. The van der Waals surface area contributed by atoms with Crippen molar-refractivity contribution in [2.45, 2.75) is 32.7 Å². The molecule has 21 heavy (non-hydrogen) atoms. The Morgan fingerprint density at radius 2 is 2.29 bits per heavy atom. The maximum Gasteiger partial charge on any atom is 0.191 e. The lowest BCUT2D eigenvalue weighted by Crippen LogP contribution is -2.37. The van der Waals surface area contributed by atoms with Gasteiger partial charge in [-0.3, -0.25) is 4.99 Å². The molecular formula is C14H25IN4OS. The van der Waals surface area contributed by atoms with Gasteiger partial charge in [0.05, 0.1) is 6.54 Å². The molecule has 2 rings (SSSR count). The van der Waals surface area contributed by atoms with Gasteiger partial charge in [0.15, 0.2) is 5.96 Å². The van der Waals surface area contributed by atoms with E-state index >= 15 is 0 Å². The molecule has 1 saturated carbocycles. The number of aryl methyl sites for hydroxylation is 1. The standard InChI is InChI=1S/C14H24N4OS.HI/c1-11-8-17-13(20-11)9-18-14(15-2)16-6-3-7-19-10-12-4-5-12;/h8,12H,3-7,9-10H2,1-2H3,(H2,15,16,18);1H. The van der Waals surface area contributed by atoms with Crippen molar-refractivity contribution in [3.8, 4) is 0 Å². The number of nitrogens with one attached hydrogen (secondary N) is 2. The SMILES string of the molecule is CN=C(NCCCOCC1CC1)NCc1ncc(C)s1.I. The van der Waals surface area contributed by atoms with Gasteiger partial charge >= 0.3 is 0 Å². The molecule has 1 aliphatic rings. The van der Waals surface area contributed by atoms with E-state index in [1.165, 1.54) is 17.7 Å². The fraction of sp³-hybridized carbons (Fsp3) is 0.714. The molecule has 2 N–H and O–H groups in total. The predicted molar refractivity (Wildman–Crippen MR) is 98.6 cm³/mol. The fourth-order valence-corrected chi connectivity index (χ4v) is 2.51. The highest BCUT2D eigenvalue weighted by Crippen LogP contribution is 2.28. The van der Waals surface area contributed by atoms with Crippen LogP contribution in [0.4, 0.5) is 0 Å². The van der Waals surface area contributed by atoms with Crippen LogP contribution in [0.3, 0.4) is 0 Å². The molecule has 5 nitrogen and oxygen atoms in total. The minimum absolute atomic E-state index is 0. The Hall–Kier alpha value is -0.410. The average molecular weight is 424 g/mol. The number of rotatable bonds is 8. The quantitative estimate of drug-likeness (QED) is 0.292. The van der Waals surface area contributed by atoms with Crippen molar-refractivity contribution in [2.24, 2.45) is 10.9 Å². The normalized spacial score (nSPS) is 14.7. The van der Waals surface area contributed by atoms with Gasteiger partial charge in [0, 0.05) is 37.9 Å². The molecule has 0 amide bonds. The van der Waals surface area contributed by atoms with Gasteiger partial charge in [0.25, 0.3) is 0 Å². The van der Waals surface area contributed by atoms with E-state index < -0.39 is 0 Å². The molecule has 1 heterocycles. The Morgan fingerprint density at radius 1 is 1.48 bits per heavy atom. The molecule has 0 atom stereocenters. The molecule has 1 aromatic rings. The number of aliphatic imine (C=N–C) groups is 1. The lowest BCUT2D eigenvalue weighted by molar-refractivity contribution is 0.123. The van der Waals surface area contributed by atoms with Gasteiger partial charge in [-0.1, -0.05) is 0 Å². The number of aromatic nitrogens is 1. The number of ether oxygens (including phenoxy) is 1. The molecular weight excluding hydrogens is 399 g/mol. The minimum atomic E-state index is 0. The van der Waals surface area contributed by atoms with Crippen LogP contribution in [0.25, 0.3) is 0 Å². The van der Waals surface area contributed by atoms with E-state index in [1.54, 1.807) is 18.4 Å². The summed E-state index contributed by atoms with van der Waals surface area (Å²) in [6.45, 7) is 5.43. The molecule has 1 fully saturated rings. The van der Waals surface area contributed by atoms with Crippen LogP contribution in [0.2, 0.25) is 0 Å². The van der Waals surface area contributed by atoms with Gasteiger partial charge in [-0.25, -0.2) is 4.98 Å². The molecule has 1 aromatic heterocycles. The highest BCUT2D eigenvalue weighted by molar-refractivity contribution is 14.0. The number of nitrogens with zero attached hydrogens (tertiary/aromatic N) is 2. The Balaban J connectivity index is 0.00000220. The van der Waals surface area contributed by atoms with Crippen LogP contribution in [-0.4, -0.2) is 37.7 Å². The summed E-state index contributed by atoms with van der Waals surface area (Å²) in [5.74, 6) is 1.67. The number of hydrogen-bond acceptors (Lipinski definition) is 4. The van der Waals surface area contributed by atoms with Crippen molar-refractivity contribution in [1.29, 1.82) is 0 Å². The third-order valence-corrected chi connectivity index (χ3v) is 4.02. The van der Waals surface area contributed by atoms with Crippen LogP contribution in [0.15, 0.2) is 11.2 Å². The first-order chi connectivity index (χ1) is 9.78. The topological polar surface area (TPSA) is 58.5 Å². The summed E-state index contributed by atoms with van der Waals surface area (Å²) < 4.78 is 5.60. The number of hydrogen-bond donors (Lipinski definition) is 2. The highest BCUT2D eigenvalue weighted by atomic mass is 127. The summed E-state index contributed by atoms with van der Waals surface area (Å²) in [4.78, 5) is 9.75. The summed E-state index contributed by atoms with van der Waals surface area (Å²) in [5, 5.41) is 7.63. The second kappa shape index (κ2) is 10.3. The molecule has 0 saturated heterocycles. The summed E-state index contributed by atoms with van der Waals surface area (Å²) >= 11 is 1.71. The van der Waals surface area contributed by atoms with Gasteiger partial charge in [0.1, 0.15) is 5.01 Å². The van der Waals surface area contributed by atoms with Gasteiger partial charge in [0.2, 0.25) is 0 Å². The molecule has 0 spiro atoms. The van der Waals surface area contributed by atoms with Crippen molar-refractivity contribution in [3.05, 3.63) is 16.1 Å². The predicted octanol–water partition coefficient (Wildman–Crippen LogP) is 2.55. The van der Waals surface area contributed by atoms with Gasteiger partial charge in [-0.15, -0.1) is 35.3 Å². The zero-order valence-electron chi connectivity index (χ0n) is 12.7. The Morgan fingerprint density at radius 3 is 2.90 bits per heavy atom. The van der Waals surface area contributed by atoms with Crippen molar-refractivity contribution in [1.82, 2.24) is 15.6 Å². The van der Waals surface area contributed by atoms with Gasteiger partial charge in [-0.05, 0) is 32.1 Å². The van der Waals surface area contributed by atoms with E-state index in [9.17, 15) is 0 Å². The van der Waals surface area contributed by atoms with Crippen molar-refractivity contribution in [2.75, 3.05) is 26.8 Å². The fourth-order valence-electron chi connectivity index (χ4n) is 1.78. The molecule has 0 radical (unpaired) electrons. The van der Waals surface area contributed by atoms with Crippen LogP contribution >= 0.6 is 35.3 Å². The monoisotopic (exact) mass is 424 g/mol. The zero-order valence-corrected chi connectivity index (χ0v) is 15.9. The Kier molecular flexibility index (Phi) is 9.18. The number of halogens is 1. The highest BCUT2D eigenvalue weighted by Gasteiger charge is 2.20. The van der Waals surface area contributed by atoms with E-state index in [2.05, 4.69) is 27.5 Å². The van der Waals surface area contributed by atoms with Gasteiger partial charge in [-0.2, -0.15) is 0 Å². The van der Waals surface area contributed by atoms with Crippen LogP contribution in [0.1, 0.15) is 29.1 Å².